The number of aliphatic hydroxyl groups is 1. The van der Waals surface area contributed by atoms with Gasteiger partial charge in [0.2, 0.25) is 17.7 Å². The molecule has 10 N–H and O–H groups in total. The van der Waals surface area contributed by atoms with Crippen LogP contribution >= 0.6 is 0 Å². The molecule has 0 spiro atoms. The van der Waals surface area contributed by atoms with Crippen LogP contribution in [0.3, 0.4) is 0 Å². The number of carboxylic acids is 1. The Morgan fingerprint density at radius 1 is 1.09 bits per heavy atom. The largest absolute Gasteiger partial charge is 0.480 e. The molecule has 0 aliphatic carbocycles. The van der Waals surface area contributed by atoms with Crippen LogP contribution in [0.15, 0.2) is 12.5 Å². The normalized spacial score (nSPS) is 15.4. The zero-order valence-electron chi connectivity index (χ0n) is 19.6. The Bertz CT molecular complexity index is 789. The molecule has 0 fully saturated rings. The van der Waals surface area contributed by atoms with Crippen molar-refractivity contribution in [2.45, 2.75) is 70.1 Å². The summed E-state index contributed by atoms with van der Waals surface area (Å²) in [5, 5.41) is 26.2. The van der Waals surface area contributed by atoms with Crippen molar-refractivity contribution in [2.24, 2.45) is 17.4 Å². The first kappa shape index (κ1) is 29.0. The average molecular weight is 484 g/mol. The maximum atomic E-state index is 13.1. The summed E-state index contributed by atoms with van der Waals surface area (Å²) in [5.74, 6) is -3.57. The van der Waals surface area contributed by atoms with Gasteiger partial charge >= 0.3 is 5.97 Å². The van der Waals surface area contributed by atoms with Crippen LogP contribution in [0.25, 0.3) is 0 Å². The van der Waals surface area contributed by atoms with Crippen molar-refractivity contribution < 1.29 is 29.4 Å². The first-order valence-electron chi connectivity index (χ1n) is 11.3. The average Bonchev–Trinajstić information content (AvgIpc) is 3.33. The molecule has 0 radical (unpaired) electrons. The number of carboxylic acid groups (broad SMARTS) is 1. The number of aliphatic hydroxyl groups excluding tert-OH is 1. The van der Waals surface area contributed by atoms with E-state index in [2.05, 4.69) is 25.9 Å². The number of nitrogens with zero attached hydrogens (tertiary/aromatic N) is 1. The van der Waals surface area contributed by atoms with Gasteiger partial charge in [-0.2, -0.15) is 0 Å². The number of rotatable bonds is 16. The summed E-state index contributed by atoms with van der Waals surface area (Å²) in [6.07, 6.45) is 4.80. The van der Waals surface area contributed by atoms with Crippen LogP contribution in [0.2, 0.25) is 0 Å². The standard InChI is InChI=1S/C21H37N7O6/c1-3-12(2)17(21(33)34)28-20(32)16(8-13-9-24-11-25-13)27-19(31)15(6-4-5-7-22)26-18(30)14(23)10-29/h9,11-12,14-17,29H,3-8,10,22-23H2,1-2H3,(H,24,25)(H,26,30)(H,27,31)(H,28,32)(H,33,34). The Morgan fingerprint density at radius 2 is 1.74 bits per heavy atom. The van der Waals surface area contributed by atoms with Crippen molar-refractivity contribution >= 4 is 23.7 Å². The third-order valence-electron chi connectivity index (χ3n) is 5.50. The van der Waals surface area contributed by atoms with Gasteiger partial charge in [-0.1, -0.05) is 20.3 Å². The third kappa shape index (κ3) is 9.45. The van der Waals surface area contributed by atoms with Gasteiger partial charge in [-0.15, -0.1) is 0 Å². The Labute approximate surface area is 198 Å². The highest BCUT2D eigenvalue weighted by molar-refractivity contribution is 5.94. The molecule has 13 heteroatoms. The number of carbonyl (C=O) groups excluding carboxylic acids is 3. The van der Waals surface area contributed by atoms with Gasteiger partial charge in [0.25, 0.3) is 0 Å². The number of carbonyl (C=O) groups is 4. The molecule has 1 rings (SSSR count). The number of amides is 3. The van der Waals surface area contributed by atoms with Gasteiger partial charge in [0.1, 0.15) is 24.2 Å². The molecule has 1 aromatic heterocycles. The summed E-state index contributed by atoms with van der Waals surface area (Å²) in [7, 11) is 0. The number of hydrogen-bond donors (Lipinski definition) is 8. The van der Waals surface area contributed by atoms with Crippen LogP contribution in [0.5, 0.6) is 0 Å². The Balaban J connectivity index is 3.06. The summed E-state index contributed by atoms with van der Waals surface area (Å²) in [6, 6.07) is -4.51. The van der Waals surface area contributed by atoms with Gasteiger partial charge in [0.15, 0.2) is 0 Å². The van der Waals surface area contributed by atoms with Crippen molar-refractivity contribution in [3.05, 3.63) is 18.2 Å². The maximum Gasteiger partial charge on any atom is 0.326 e. The van der Waals surface area contributed by atoms with Crippen LogP contribution in [-0.4, -0.2) is 81.2 Å². The summed E-state index contributed by atoms with van der Waals surface area (Å²) in [4.78, 5) is 56.6. The minimum atomic E-state index is -1.21. The van der Waals surface area contributed by atoms with Crippen molar-refractivity contribution in [3.63, 3.8) is 0 Å². The number of unbranched alkanes of at least 4 members (excludes halogenated alkanes) is 1. The lowest BCUT2D eigenvalue weighted by molar-refractivity contribution is -0.143. The van der Waals surface area contributed by atoms with E-state index in [1.165, 1.54) is 12.5 Å². The molecule has 0 saturated heterocycles. The lowest BCUT2D eigenvalue weighted by atomic mass is 9.98. The highest BCUT2D eigenvalue weighted by Crippen LogP contribution is 2.10. The molecule has 0 bridgehead atoms. The summed E-state index contributed by atoms with van der Waals surface area (Å²) in [5.41, 5.74) is 11.6. The second-order valence-electron chi connectivity index (χ2n) is 8.19. The molecule has 0 saturated carbocycles. The number of aromatic nitrogens is 2. The molecule has 5 atom stereocenters. The highest BCUT2D eigenvalue weighted by Gasteiger charge is 2.32. The molecular weight excluding hydrogens is 446 g/mol. The first-order valence-corrected chi connectivity index (χ1v) is 11.3. The van der Waals surface area contributed by atoms with Crippen LogP contribution in [-0.2, 0) is 25.6 Å². The van der Waals surface area contributed by atoms with E-state index >= 15 is 0 Å². The fourth-order valence-electron chi connectivity index (χ4n) is 3.16. The van der Waals surface area contributed by atoms with E-state index in [-0.39, 0.29) is 18.8 Å². The van der Waals surface area contributed by atoms with Gasteiger partial charge < -0.3 is 42.6 Å². The topological polar surface area (TPSA) is 226 Å². The zero-order valence-corrected chi connectivity index (χ0v) is 19.6. The van der Waals surface area contributed by atoms with E-state index in [0.717, 1.165) is 0 Å². The van der Waals surface area contributed by atoms with Crippen molar-refractivity contribution in [1.82, 2.24) is 25.9 Å². The molecule has 34 heavy (non-hydrogen) atoms. The number of aromatic amines is 1. The predicted octanol–water partition coefficient (Wildman–Crippen LogP) is -2.01. The minimum Gasteiger partial charge on any atom is -0.480 e. The SMILES string of the molecule is CCC(C)C(NC(=O)C(Cc1cnc[nH]1)NC(=O)C(CCCCN)NC(=O)C(N)CO)C(=O)O. The maximum absolute atomic E-state index is 13.1. The molecule has 3 amide bonds. The monoisotopic (exact) mass is 483 g/mol. The molecule has 1 aromatic rings. The van der Waals surface area contributed by atoms with Gasteiger partial charge in [-0.25, -0.2) is 9.78 Å². The van der Waals surface area contributed by atoms with Crippen LogP contribution in [0.4, 0.5) is 0 Å². The van der Waals surface area contributed by atoms with Gasteiger partial charge in [-0.05, 0) is 31.7 Å². The summed E-state index contributed by atoms with van der Waals surface area (Å²) < 4.78 is 0. The number of nitrogens with two attached hydrogens (primary N) is 2. The molecule has 0 aliphatic heterocycles. The smallest absolute Gasteiger partial charge is 0.326 e. The molecule has 1 heterocycles. The lowest BCUT2D eigenvalue weighted by Crippen LogP contribution is -2.58. The lowest BCUT2D eigenvalue weighted by Gasteiger charge is -2.26. The third-order valence-corrected chi connectivity index (χ3v) is 5.50. The molecule has 0 aliphatic rings. The van der Waals surface area contributed by atoms with E-state index < -0.39 is 54.5 Å². The fraction of sp³-hybridized carbons (Fsp3) is 0.667. The molecule has 5 unspecified atom stereocenters. The molecular formula is C21H37N7O6. The number of imidazole rings is 1. The second-order valence-corrected chi connectivity index (χ2v) is 8.19. The van der Waals surface area contributed by atoms with E-state index in [1.54, 1.807) is 6.92 Å². The summed E-state index contributed by atoms with van der Waals surface area (Å²) >= 11 is 0. The number of hydrogen-bond acceptors (Lipinski definition) is 8. The highest BCUT2D eigenvalue weighted by atomic mass is 16.4. The Hall–Kier alpha value is -3.03. The number of aliphatic carboxylic acids is 1. The van der Waals surface area contributed by atoms with Crippen molar-refractivity contribution in [3.8, 4) is 0 Å². The van der Waals surface area contributed by atoms with Crippen LogP contribution in [0, 0.1) is 5.92 Å². The van der Waals surface area contributed by atoms with E-state index in [1.807, 2.05) is 6.92 Å². The van der Waals surface area contributed by atoms with Crippen LogP contribution < -0.4 is 27.4 Å². The first-order chi connectivity index (χ1) is 16.1. The second kappa shape index (κ2) is 15.0. The van der Waals surface area contributed by atoms with Gasteiger partial charge in [0, 0.05) is 18.3 Å². The Morgan fingerprint density at radius 3 is 2.26 bits per heavy atom. The molecule has 13 nitrogen and oxygen atoms in total. The molecule has 0 aromatic carbocycles. The minimum absolute atomic E-state index is 0.0179. The fourth-order valence-corrected chi connectivity index (χ4v) is 3.16. The Kier molecular flexibility index (Phi) is 12.8. The van der Waals surface area contributed by atoms with Gasteiger partial charge in [-0.3, -0.25) is 14.4 Å². The van der Waals surface area contributed by atoms with E-state index in [4.69, 9.17) is 16.6 Å². The summed E-state index contributed by atoms with van der Waals surface area (Å²) in [6.45, 7) is 3.31. The molecule has 192 valence electrons. The van der Waals surface area contributed by atoms with Gasteiger partial charge in [0.05, 0.1) is 12.9 Å². The van der Waals surface area contributed by atoms with E-state index in [9.17, 15) is 24.3 Å². The predicted molar refractivity (Wildman–Crippen MR) is 123 cm³/mol. The van der Waals surface area contributed by atoms with Crippen LogP contribution in [0.1, 0.15) is 45.2 Å². The number of nitrogens with one attached hydrogen (secondary N) is 4. The van der Waals surface area contributed by atoms with Crippen molar-refractivity contribution in [1.29, 1.82) is 0 Å². The quantitative estimate of drug-likeness (QED) is 0.121. The van der Waals surface area contributed by atoms with E-state index in [0.29, 0.717) is 31.5 Å². The van der Waals surface area contributed by atoms with Crippen molar-refractivity contribution in [2.75, 3.05) is 13.2 Å². The number of H-pyrrole nitrogens is 1. The zero-order chi connectivity index (χ0) is 25.7.